The van der Waals surface area contributed by atoms with Gasteiger partial charge in [0, 0.05) is 61.9 Å². The molecule has 0 saturated heterocycles. The molecule has 1 aliphatic rings. The van der Waals surface area contributed by atoms with Crippen molar-refractivity contribution in [2.45, 2.75) is 51.9 Å². The minimum Gasteiger partial charge on any atom is -0.530 e. The van der Waals surface area contributed by atoms with Gasteiger partial charge in [0.1, 0.15) is 0 Å². The number of halogens is 2. The van der Waals surface area contributed by atoms with Crippen LogP contribution >= 0.6 is 0 Å². The van der Waals surface area contributed by atoms with Crippen molar-refractivity contribution in [1.29, 1.82) is 5.26 Å². The number of allylic oxidation sites excluding steroid dienone is 1. The summed E-state index contributed by atoms with van der Waals surface area (Å²) in [6, 6.07) is 7.46. The summed E-state index contributed by atoms with van der Waals surface area (Å²) in [4.78, 5) is 12.3. The first kappa shape index (κ1) is 25.7. The minimum absolute atomic E-state index is 0. The van der Waals surface area contributed by atoms with E-state index in [0.29, 0.717) is 24.9 Å². The molecule has 4 nitrogen and oxygen atoms in total. The number of anilines is 1. The van der Waals surface area contributed by atoms with Crippen LogP contribution in [0.15, 0.2) is 30.5 Å². The Balaban J connectivity index is 0.00000420. The number of benzene rings is 1. The molecule has 1 amide bonds. The van der Waals surface area contributed by atoms with Gasteiger partial charge in [-0.3, -0.25) is 0 Å². The van der Waals surface area contributed by atoms with E-state index in [1.807, 2.05) is 30.2 Å². The minimum atomic E-state index is -2.75. The third-order valence-corrected chi connectivity index (χ3v) is 5.37. The van der Waals surface area contributed by atoms with Gasteiger partial charge in [-0.25, -0.2) is 8.78 Å². The SMILES string of the molecule is CCC/C=C/N(CC1C[C@H](CN[C-]=O)CCC1(F)F)c1cc(C#N)ccc1C.[U]. The summed E-state index contributed by atoms with van der Waals surface area (Å²) >= 11 is 0. The molecule has 1 unspecified atom stereocenters. The van der Waals surface area contributed by atoms with Gasteiger partial charge in [-0.05, 0) is 56.3 Å². The number of hydrogen-bond acceptors (Lipinski definition) is 3. The molecule has 1 saturated carbocycles. The first-order valence-corrected chi connectivity index (χ1v) is 9.83. The van der Waals surface area contributed by atoms with Crippen molar-refractivity contribution >= 4 is 12.1 Å². The van der Waals surface area contributed by atoms with Crippen LogP contribution in [0.4, 0.5) is 14.5 Å². The van der Waals surface area contributed by atoms with E-state index in [-0.39, 0.29) is 50.0 Å². The second-order valence-corrected chi connectivity index (χ2v) is 7.52. The number of alkyl halides is 2. The summed E-state index contributed by atoms with van der Waals surface area (Å²) in [6.45, 7) is 4.53. The number of amides is 1. The van der Waals surface area contributed by atoms with Crippen molar-refractivity contribution in [3.05, 3.63) is 41.6 Å². The van der Waals surface area contributed by atoms with Crippen molar-refractivity contribution in [2.24, 2.45) is 11.8 Å². The maximum Gasteiger partial charge on any atom is 0.252 e. The fourth-order valence-electron chi connectivity index (χ4n) is 3.71. The maximum absolute atomic E-state index is 14.7. The van der Waals surface area contributed by atoms with Crippen LogP contribution in [0.25, 0.3) is 0 Å². The largest absolute Gasteiger partial charge is 0.530 e. The van der Waals surface area contributed by atoms with E-state index in [4.69, 9.17) is 0 Å². The molecule has 1 fully saturated rings. The fraction of sp³-hybridized carbons (Fsp3) is 0.545. The molecule has 156 valence electrons. The zero-order valence-electron chi connectivity index (χ0n) is 17.0. The molecule has 2 rings (SSSR count). The second kappa shape index (κ2) is 12.4. The number of nitrogens with zero attached hydrogens (tertiary/aromatic N) is 2. The Bertz CT molecular complexity index is 733. The molecule has 0 radical (unpaired) electrons. The van der Waals surface area contributed by atoms with Gasteiger partial charge in [0.05, 0.1) is 11.6 Å². The van der Waals surface area contributed by atoms with E-state index >= 15 is 0 Å². The summed E-state index contributed by atoms with van der Waals surface area (Å²) in [5.41, 5.74) is 2.23. The number of unbranched alkanes of at least 4 members (excludes halogenated alkanes) is 1. The molecular formula is C22H28F2N3OU-. The molecule has 1 aromatic rings. The van der Waals surface area contributed by atoms with Crippen LogP contribution in [0.5, 0.6) is 0 Å². The molecule has 0 spiro atoms. The van der Waals surface area contributed by atoms with Crippen LogP contribution in [-0.2, 0) is 4.79 Å². The van der Waals surface area contributed by atoms with Crippen LogP contribution in [-0.4, -0.2) is 25.4 Å². The number of nitriles is 1. The van der Waals surface area contributed by atoms with E-state index in [0.717, 1.165) is 24.1 Å². The number of aryl methyl sites for hydroxylation is 1. The van der Waals surface area contributed by atoms with E-state index in [9.17, 15) is 18.8 Å². The van der Waals surface area contributed by atoms with E-state index in [1.54, 1.807) is 18.5 Å². The molecule has 1 aromatic carbocycles. The summed E-state index contributed by atoms with van der Waals surface area (Å²) in [6.07, 6.45) is 7.88. The zero-order chi connectivity index (χ0) is 20.6. The molecular weight excluding hydrogens is 598 g/mol. The molecule has 2 atom stereocenters. The first-order valence-electron chi connectivity index (χ1n) is 9.83. The Morgan fingerprint density at radius 3 is 2.86 bits per heavy atom. The van der Waals surface area contributed by atoms with Crippen LogP contribution in [0.1, 0.15) is 50.2 Å². The van der Waals surface area contributed by atoms with Crippen LogP contribution in [0, 0.1) is 61.2 Å². The topological polar surface area (TPSA) is 56.1 Å². The van der Waals surface area contributed by atoms with Crippen molar-refractivity contribution in [3.63, 3.8) is 0 Å². The normalized spacial score (nSPS) is 20.5. The molecule has 1 aliphatic carbocycles. The zero-order valence-corrected chi connectivity index (χ0v) is 21.2. The quantitative estimate of drug-likeness (QED) is 0.320. The summed E-state index contributed by atoms with van der Waals surface area (Å²) in [7, 11) is 0. The predicted octanol–water partition coefficient (Wildman–Crippen LogP) is 4.70. The summed E-state index contributed by atoms with van der Waals surface area (Å²) in [5.74, 6) is -3.55. The third kappa shape index (κ3) is 7.43. The van der Waals surface area contributed by atoms with Crippen molar-refractivity contribution in [2.75, 3.05) is 18.0 Å². The molecule has 0 aromatic heterocycles. The maximum atomic E-state index is 14.7. The first-order chi connectivity index (χ1) is 13.4. The average Bonchev–Trinajstić information content (AvgIpc) is 2.68. The Hall–Kier alpha value is -1.37. The van der Waals surface area contributed by atoms with Crippen LogP contribution in [0.3, 0.4) is 0 Å². The average molecular weight is 627 g/mol. The van der Waals surface area contributed by atoms with Gasteiger partial charge < -0.3 is 15.0 Å². The number of rotatable bonds is 9. The molecule has 29 heavy (non-hydrogen) atoms. The Morgan fingerprint density at radius 1 is 1.45 bits per heavy atom. The molecule has 0 bridgehead atoms. The fourth-order valence-corrected chi connectivity index (χ4v) is 3.71. The molecule has 0 heterocycles. The number of carbonyl (C=O) groups excluding carboxylic acids is 1. The van der Waals surface area contributed by atoms with E-state index in [2.05, 4.69) is 18.3 Å². The predicted molar refractivity (Wildman–Crippen MR) is 107 cm³/mol. The van der Waals surface area contributed by atoms with Gasteiger partial charge in [0.2, 0.25) is 0 Å². The Morgan fingerprint density at radius 2 is 2.21 bits per heavy atom. The number of hydrogen-bond donors (Lipinski definition) is 1. The van der Waals surface area contributed by atoms with E-state index in [1.165, 1.54) is 0 Å². The van der Waals surface area contributed by atoms with Gasteiger partial charge in [0.25, 0.3) is 5.92 Å². The van der Waals surface area contributed by atoms with Crippen molar-refractivity contribution < 1.29 is 44.7 Å². The van der Waals surface area contributed by atoms with Gasteiger partial charge in [0.15, 0.2) is 0 Å². The standard InChI is InChI=1S/C22H28F2N3O.U/c1-3-4-5-10-27(21-12-18(13-25)7-6-17(21)2)15-20-11-19(14-26-16-28)8-9-22(20,23)24;/h5-7,10,12,19-20H,3-4,8-9,11,14-15H2,1-2H3,(H,26,28);/q-1;/b10-5+;/t19-,20?;/m1./s1. The van der Waals surface area contributed by atoms with E-state index < -0.39 is 11.8 Å². The van der Waals surface area contributed by atoms with Crippen molar-refractivity contribution in [1.82, 2.24) is 5.32 Å². The van der Waals surface area contributed by atoms with Gasteiger partial charge in [-0.2, -0.15) is 11.7 Å². The summed E-state index contributed by atoms with van der Waals surface area (Å²) in [5, 5.41) is 11.7. The second-order valence-electron chi connectivity index (χ2n) is 7.52. The number of nitrogens with one attached hydrogen (secondary N) is 1. The van der Waals surface area contributed by atoms with Gasteiger partial charge in [-0.1, -0.05) is 25.5 Å². The summed E-state index contributed by atoms with van der Waals surface area (Å²) < 4.78 is 29.3. The third-order valence-electron chi connectivity index (χ3n) is 5.37. The van der Waals surface area contributed by atoms with Crippen LogP contribution < -0.4 is 10.2 Å². The van der Waals surface area contributed by atoms with Gasteiger partial charge >= 0.3 is 0 Å². The molecule has 0 aliphatic heterocycles. The molecule has 1 N–H and O–H groups in total. The smallest absolute Gasteiger partial charge is 0.252 e. The Kier molecular flexibility index (Phi) is 10.9. The molecule has 7 heteroatoms. The van der Waals surface area contributed by atoms with Crippen LogP contribution in [0.2, 0.25) is 0 Å². The monoisotopic (exact) mass is 626 g/mol. The van der Waals surface area contributed by atoms with Gasteiger partial charge in [-0.15, -0.1) is 0 Å². The van der Waals surface area contributed by atoms with Crippen molar-refractivity contribution in [3.8, 4) is 6.07 Å². The Labute approximate surface area is 196 Å².